The molecule has 1 heterocycles. The van der Waals surface area contributed by atoms with Crippen molar-refractivity contribution in [3.05, 3.63) is 28.8 Å². The van der Waals surface area contributed by atoms with Crippen LogP contribution >= 0.6 is 0 Å². The Balaban J connectivity index is 2.49. The summed E-state index contributed by atoms with van der Waals surface area (Å²) in [5.74, 6) is 0. The van der Waals surface area contributed by atoms with Crippen LogP contribution in [0.15, 0.2) is 17.0 Å². The molecule has 1 aromatic rings. The van der Waals surface area contributed by atoms with Crippen LogP contribution in [0, 0.1) is 6.92 Å². The lowest BCUT2D eigenvalue weighted by molar-refractivity contribution is -0.00713. The van der Waals surface area contributed by atoms with Crippen molar-refractivity contribution in [3.63, 3.8) is 0 Å². The standard InChI is InChI=1S/C13H19NO4S/c1-9-4-11-8-18-12(7-15)5-10(11)6-13(9)19(16,17)14(2)3/h4,6,12,15H,5,7-8H2,1-3H3. The molecule has 1 N–H and O–H groups in total. The van der Waals surface area contributed by atoms with E-state index >= 15 is 0 Å². The van der Waals surface area contributed by atoms with E-state index in [1.807, 2.05) is 6.07 Å². The highest BCUT2D eigenvalue weighted by Crippen LogP contribution is 2.27. The summed E-state index contributed by atoms with van der Waals surface area (Å²) in [6, 6.07) is 3.57. The Labute approximate surface area is 113 Å². The first kappa shape index (κ1) is 14.5. The van der Waals surface area contributed by atoms with Crippen LogP contribution in [-0.2, 0) is 27.8 Å². The van der Waals surface area contributed by atoms with Gasteiger partial charge in [-0.15, -0.1) is 0 Å². The molecule has 6 heteroatoms. The van der Waals surface area contributed by atoms with Crippen LogP contribution in [0.4, 0.5) is 0 Å². The molecular formula is C13H19NO4S. The molecule has 0 aliphatic carbocycles. The number of aliphatic hydroxyl groups excluding tert-OH is 1. The molecule has 19 heavy (non-hydrogen) atoms. The van der Waals surface area contributed by atoms with E-state index in [4.69, 9.17) is 9.84 Å². The quantitative estimate of drug-likeness (QED) is 0.887. The van der Waals surface area contributed by atoms with Crippen LogP contribution < -0.4 is 0 Å². The van der Waals surface area contributed by atoms with Gasteiger partial charge in [0, 0.05) is 20.5 Å². The number of benzene rings is 1. The van der Waals surface area contributed by atoms with Gasteiger partial charge in [0.2, 0.25) is 10.0 Å². The molecule has 0 saturated carbocycles. The molecule has 0 radical (unpaired) electrons. The Hall–Kier alpha value is -0.950. The third-order valence-corrected chi connectivity index (χ3v) is 5.34. The van der Waals surface area contributed by atoms with Crippen molar-refractivity contribution in [1.82, 2.24) is 4.31 Å². The summed E-state index contributed by atoms with van der Waals surface area (Å²) >= 11 is 0. The molecule has 1 aliphatic heterocycles. The van der Waals surface area contributed by atoms with E-state index in [9.17, 15) is 8.42 Å². The van der Waals surface area contributed by atoms with Crippen molar-refractivity contribution < 1.29 is 18.3 Å². The van der Waals surface area contributed by atoms with Gasteiger partial charge in [0.1, 0.15) is 0 Å². The van der Waals surface area contributed by atoms with Crippen LogP contribution in [0.25, 0.3) is 0 Å². The van der Waals surface area contributed by atoms with Crippen molar-refractivity contribution in [2.75, 3.05) is 20.7 Å². The van der Waals surface area contributed by atoms with Crippen LogP contribution in [-0.4, -0.2) is 44.6 Å². The third-order valence-electron chi connectivity index (χ3n) is 3.38. The zero-order valence-electron chi connectivity index (χ0n) is 11.4. The van der Waals surface area contributed by atoms with Gasteiger partial charge in [0.05, 0.1) is 24.2 Å². The number of aliphatic hydroxyl groups is 1. The Morgan fingerprint density at radius 3 is 2.63 bits per heavy atom. The number of fused-ring (bicyclic) bond motifs is 1. The summed E-state index contributed by atoms with van der Waals surface area (Å²) in [4.78, 5) is 0.329. The lowest BCUT2D eigenvalue weighted by Gasteiger charge is -2.25. The molecule has 0 saturated heterocycles. The summed E-state index contributed by atoms with van der Waals surface area (Å²) in [5.41, 5.74) is 2.66. The SMILES string of the molecule is Cc1cc2c(cc1S(=O)(=O)N(C)C)CC(CO)OC2. The lowest BCUT2D eigenvalue weighted by atomic mass is 9.97. The summed E-state index contributed by atoms with van der Waals surface area (Å²) in [7, 11) is -0.392. The molecule has 1 atom stereocenters. The zero-order chi connectivity index (χ0) is 14.2. The normalized spacial score (nSPS) is 19.5. The Morgan fingerprint density at radius 1 is 1.37 bits per heavy atom. The predicted molar refractivity (Wildman–Crippen MR) is 71.4 cm³/mol. The molecule has 0 spiro atoms. The van der Waals surface area contributed by atoms with Crippen molar-refractivity contribution in [2.45, 2.75) is 31.0 Å². The van der Waals surface area contributed by atoms with Gasteiger partial charge in [-0.25, -0.2) is 12.7 Å². The molecule has 0 aromatic heterocycles. The lowest BCUT2D eigenvalue weighted by Crippen LogP contribution is -2.27. The van der Waals surface area contributed by atoms with Crippen molar-refractivity contribution in [1.29, 1.82) is 0 Å². The van der Waals surface area contributed by atoms with E-state index in [2.05, 4.69) is 0 Å². The molecule has 1 unspecified atom stereocenters. The minimum atomic E-state index is -3.44. The fraction of sp³-hybridized carbons (Fsp3) is 0.538. The predicted octanol–water partition coefficient (Wildman–Crippen LogP) is 0.679. The second-order valence-corrected chi connectivity index (χ2v) is 7.11. The molecule has 2 rings (SSSR count). The van der Waals surface area contributed by atoms with E-state index < -0.39 is 10.0 Å². The monoisotopic (exact) mass is 285 g/mol. The molecular weight excluding hydrogens is 266 g/mol. The highest BCUT2D eigenvalue weighted by Gasteiger charge is 2.25. The minimum Gasteiger partial charge on any atom is -0.394 e. The summed E-state index contributed by atoms with van der Waals surface area (Å²) in [5, 5.41) is 9.14. The average Bonchev–Trinajstić information content (AvgIpc) is 2.37. The molecule has 0 bridgehead atoms. The second kappa shape index (κ2) is 5.20. The van der Waals surface area contributed by atoms with Crippen LogP contribution in [0.5, 0.6) is 0 Å². The second-order valence-electron chi connectivity index (χ2n) is 4.99. The van der Waals surface area contributed by atoms with Gasteiger partial charge < -0.3 is 9.84 Å². The first-order valence-electron chi connectivity index (χ1n) is 6.13. The maximum atomic E-state index is 12.2. The molecule has 5 nitrogen and oxygen atoms in total. The molecule has 0 fully saturated rings. The summed E-state index contributed by atoms with van der Waals surface area (Å²) < 4.78 is 31.2. The molecule has 0 amide bonds. The summed E-state index contributed by atoms with van der Waals surface area (Å²) in [6.45, 7) is 2.15. The maximum absolute atomic E-state index is 12.2. The largest absolute Gasteiger partial charge is 0.394 e. The number of aryl methyl sites for hydroxylation is 1. The van der Waals surface area contributed by atoms with Crippen molar-refractivity contribution >= 4 is 10.0 Å². The zero-order valence-corrected chi connectivity index (χ0v) is 12.2. The van der Waals surface area contributed by atoms with Crippen molar-refractivity contribution in [3.8, 4) is 0 Å². The van der Waals surface area contributed by atoms with Gasteiger partial charge in [-0.2, -0.15) is 0 Å². The van der Waals surface area contributed by atoms with E-state index in [0.717, 1.165) is 16.7 Å². The number of hydrogen-bond acceptors (Lipinski definition) is 4. The highest BCUT2D eigenvalue weighted by atomic mass is 32.2. The smallest absolute Gasteiger partial charge is 0.242 e. The van der Waals surface area contributed by atoms with E-state index in [1.165, 1.54) is 18.4 Å². The van der Waals surface area contributed by atoms with Gasteiger partial charge in [0.15, 0.2) is 0 Å². The fourth-order valence-corrected chi connectivity index (χ4v) is 3.37. The van der Waals surface area contributed by atoms with Crippen LogP contribution in [0.3, 0.4) is 0 Å². The van der Waals surface area contributed by atoms with Gasteiger partial charge >= 0.3 is 0 Å². The Morgan fingerprint density at radius 2 is 2.05 bits per heavy atom. The molecule has 1 aromatic carbocycles. The number of rotatable bonds is 3. The fourth-order valence-electron chi connectivity index (χ4n) is 2.22. The van der Waals surface area contributed by atoms with E-state index in [-0.39, 0.29) is 12.7 Å². The highest BCUT2D eigenvalue weighted by molar-refractivity contribution is 7.89. The first-order chi connectivity index (χ1) is 8.86. The topological polar surface area (TPSA) is 66.8 Å². The van der Waals surface area contributed by atoms with Crippen LogP contribution in [0.1, 0.15) is 16.7 Å². The summed E-state index contributed by atoms with van der Waals surface area (Å²) in [6.07, 6.45) is 0.298. The average molecular weight is 285 g/mol. The first-order valence-corrected chi connectivity index (χ1v) is 7.57. The molecule has 106 valence electrons. The van der Waals surface area contributed by atoms with Gasteiger partial charge in [-0.05, 0) is 29.7 Å². The Kier molecular flexibility index (Phi) is 3.96. The Bertz CT molecular complexity index is 581. The number of hydrogen-bond donors (Lipinski definition) is 1. The van der Waals surface area contributed by atoms with Gasteiger partial charge in [-0.1, -0.05) is 6.07 Å². The van der Waals surface area contributed by atoms with Gasteiger partial charge in [-0.3, -0.25) is 0 Å². The van der Waals surface area contributed by atoms with E-state index in [1.54, 1.807) is 13.0 Å². The maximum Gasteiger partial charge on any atom is 0.242 e. The number of nitrogens with zero attached hydrogens (tertiary/aromatic N) is 1. The van der Waals surface area contributed by atoms with E-state index in [0.29, 0.717) is 17.9 Å². The number of sulfonamides is 1. The minimum absolute atomic E-state index is 0.0525. The van der Waals surface area contributed by atoms with Crippen molar-refractivity contribution in [2.24, 2.45) is 0 Å². The number of ether oxygens (including phenoxy) is 1. The van der Waals surface area contributed by atoms with Crippen LogP contribution in [0.2, 0.25) is 0 Å². The molecule has 1 aliphatic rings. The third kappa shape index (κ3) is 2.67. The van der Waals surface area contributed by atoms with Gasteiger partial charge in [0.25, 0.3) is 0 Å².